The summed E-state index contributed by atoms with van der Waals surface area (Å²) in [5.41, 5.74) is 1.10. The maximum Gasteiger partial charge on any atom is 0.321 e. The lowest BCUT2D eigenvalue weighted by molar-refractivity contribution is -0.120. The van der Waals surface area contributed by atoms with Gasteiger partial charge in [0.2, 0.25) is 5.91 Å². The number of benzene rings is 2. The first kappa shape index (κ1) is 19.7. The molecule has 0 spiro atoms. The number of hydrogen-bond donors (Lipinski definition) is 2. The molecule has 0 fully saturated rings. The number of rotatable bonds is 7. The van der Waals surface area contributed by atoms with Crippen molar-refractivity contribution in [3.8, 4) is 5.75 Å². The van der Waals surface area contributed by atoms with Crippen LogP contribution in [0.1, 0.15) is 19.4 Å². The Kier molecular flexibility index (Phi) is 6.97. The number of carbonyl (C=O) groups is 2. The second-order valence-corrected chi connectivity index (χ2v) is 6.87. The fraction of sp³-hybridized carbons (Fsp3) is 0.400. The molecule has 0 aliphatic rings. The number of methoxy groups -OCH3 is 1. The van der Waals surface area contributed by atoms with Crippen molar-refractivity contribution in [2.75, 3.05) is 27.2 Å². The van der Waals surface area contributed by atoms with Crippen molar-refractivity contribution in [1.29, 1.82) is 0 Å². The Labute approximate surface area is 154 Å². The highest BCUT2D eigenvalue weighted by molar-refractivity contribution is 5.95. The molecule has 2 aromatic carbocycles. The summed E-state index contributed by atoms with van der Waals surface area (Å²) in [4.78, 5) is 25.4. The molecule has 0 aliphatic carbocycles. The van der Waals surface area contributed by atoms with Crippen molar-refractivity contribution >= 4 is 22.7 Å². The van der Waals surface area contributed by atoms with E-state index in [4.69, 9.17) is 4.74 Å². The number of nitrogens with one attached hydrogen (secondary N) is 2. The third-order valence-corrected chi connectivity index (χ3v) is 3.90. The maximum absolute atomic E-state index is 12.0. The van der Waals surface area contributed by atoms with Crippen LogP contribution in [0.15, 0.2) is 36.4 Å². The number of likely N-dealkylation sites (N-methyl/N-ethyl adjacent to an activating group) is 1. The molecule has 3 amide bonds. The number of urea groups is 1. The van der Waals surface area contributed by atoms with Crippen molar-refractivity contribution in [1.82, 2.24) is 15.5 Å². The van der Waals surface area contributed by atoms with Crippen molar-refractivity contribution in [2.45, 2.75) is 20.4 Å². The van der Waals surface area contributed by atoms with Gasteiger partial charge < -0.3 is 10.1 Å². The van der Waals surface area contributed by atoms with Crippen LogP contribution in [0.3, 0.4) is 0 Å². The third-order valence-electron chi connectivity index (χ3n) is 3.90. The largest absolute Gasteiger partial charge is 0.497 e. The molecule has 0 saturated carbocycles. The Hall–Kier alpha value is -2.60. The van der Waals surface area contributed by atoms with Crippen LogP contribution in [0.4, 0.5) is 4.79 Å². The first-order valence-corrected chi connectivity index (χ1v) is 8.70. The molecule has 0 aromatic heterocycles. The lowest BCUT2D eigenvalue weighted by Crippen LogP contribution is -2.44. The molecule has 140 valence electrons. The summed E-state index contributed by atoms with van der Waals surface area (Å²) in [7, 11) is 3.50. The van der Waals surface area contributed by atoms with E-state index in [2.05, 4.69) is 16.7 Å². The zero-order chi connectivity index (χ0) is 19.1. The van der Waals surface area contributed by atoms with Crippen LogP contribution in [-0.2, 0) is 11.3 Å². The summed E-state index contributed by atoms with van der Waals surface area (Å²) in [6.07, 6.45) is 0. The van der Waals surface area contributed by atoms with Crippen molar-refractivity contribution in [2.24, 2.45) is 5.92 Å². The lowest BCUT2D eigenvalue weighted by atomic mass is 10.1. The minimum atomic E-state index is -0.447. The van der Waals surface area contributed by atoms with Gasteiger partial charge in [0.25, 0.3) is 0 Å². The highest BCUT2D eigenvalue weighted by Gasteiger charge is 2.11. The van der Waals surface area contributed by atoms with Crippen LogP contribution in [0.25, 0.3) is 10.8 Å². The quantitative estimate of drug-likeness (QED) is 0.799. The molecule has 2 aromatic rings. The molecule has 0 unspecified atom stereocenters. The molecule has 0 heterocycles. The second kappa shape index (κ2) is 9.20. The van der Waals surface area contributed by atoms with E-state index in [0.717, 1.165) is 22.1 Å². The zero-order valence-electron chi connectivity index (χ0n) is 15.8. The van der Waals surface area contributed by atoms with Crippen molar-refractivity contribution < 1.29 is 14.3 Å². The van der Waals surface area contributed by atoms with Gasteiger partial charge in [-0.25, -0.2) is 4.79 Å². The van der Waals surface area contributed by atoms with Gasteiger partial charge in [-0.05, 0) is 47.5 Å². The number of imide groups is 1. The van der Waals surface area contributed by atoms with Crippen molar-refractivity contribution in [3.05, 3.63) is 42.0 Å². The van der Waals surface area contributed by atoms with Gasteiger partial charge in [-0.2, -0.15) is 0 Å². The second-order valence-electron chi connectivity index (χ2n) is 6.87. The molecule has 0 aliphatic heterocycles. The molecule has 0 radical (unpaired) electrons. The highest BCUT2D eigenvalue weighted by Crippen LogP contribution is 2.22. The minimum Gasteiger partial charge on any atom is -0.497 e. The highest BCUT2D eigenvalue weighted by atomic mass is 16.5. The van der Waals surface area contributed by atoms with E-state index in [1.165, 1.54) is 0 Å². The van der Waals surface area contributed by atoms with Gasteiger partial charge in [-0.15, -0.1) is 0 Å². The number of ether oxygens (including phenoxy) is 1. The van der Waals surface area contributed by atoms with Gasteiger partial charge in [0, 0.05) is 13.1 Å². The maximum atomic E-state index is 12.0. The fourth-order valence-electron chi connectivity index (χ4n) is 2.62. The van der Waals surface area contributed by atoms with E-state index in [9.17, 15) is 9.59 Å². The summed E-state index contributed by atoms with van der Waals surface area (Å²) in [6, 6.07) is 11.7. The average Bonchev–Trinajstić information content (AvgIpc) is 2.59. The molecule has 6 heteroatoms. The third kappa shape index (κ3) is 6.04. The fourth-order valence-corrected chi connectivity index (χ4v) is 2.62. The van der Waals surface area contributed by atoms with Gasteiger partial charge in [0.15, 0.2) is 0 Å². The first-order chi connectivity index (χ1) is 12.4. The van der Waals surface area contributed by atoms with Gasteiger partial charge in [0.05, 0.1) is 13.7 Å². The molecule has 26 heavy (non-hydrogen) atoms. The number of carbonyl (C=O) groups excluding carboxylic acids is 2. The molecular weight excluding hydrogens is 330 g/mol. The molecule has 0 saturated heterocycles. The Morgan fingerprint density at radius 2 is 1.81 bits per heavy atom. The molecule has 0 bridgehead atoms. The van der Waals surface area contributed by atoms with E-state index in [1.807, 2.05) is 56.1 Å². The summed E-state index contributed by atoms with van der Waals surface area (Å²) < 4.78 is 5.24. The Balaban J connectivity index is 1.88. The van der Waals surface area contributed by atoms with E-state index in [-0.39, 0.29) is 12.5 Å². The zero-order valence-corrected chi connectivity index (χ0v) is 15.8. The van der Waals surface area contributed by atoms with Gasteiger partial charge in [-0.1, -0.05) is 32.0 Å². The van der Waals surface area contributed by atoms with Gasteiger partial charge in [-0.3, -0.25) is 15.0 Å². The van der Waals surface area contributed by atoms with E-state index >= 15 is 0 Å². The molecular formula is C20H27N3O3. The Morgan fingerprint density at radius 1 is 1.12 bits per heavy atom. The number of nitrogens with zero attached hydrogens (tertiary/aromatic N) is 1. The molecule has 2 N–H and O–H groups in total. The normalized spacial score (nSPS) is 11.0. The number of fused-ring (bicyclic) bond motifs is 1. The summed E-state index contributed by atoms with van der Waals surface area (Å²) in [6.45, 7) is 5.29. The van der Waals surface area contributed by atoms with Crippen LogP contribution in [0.2, 0.25) is 0 Å². The SMILES string of the molecule is COc1ccc2cc(CN(C)CC(=O)NC(=O)NCC(C)C)ccc2c1. The van der Waals surface area contributed by atoms with E-state index in [1.54, 1.807) is 7.11 Å². The monoisotopic (exact) mass is 357 g/mol. The minimum absolute atomic E-state index is 0.149. The summed E-state index contributed by atoms with van der Waals surface area (Å²) in [5, 5.41) is 7.24. The smallest absolute Gasteiger partial charge is 0.321 e. The number of hydrogen-bond acceptors (Lipinski definition) is 4. The predicted molar refractivity (Wildman–Crippen MR) is 103 cm³/mol. The molecule has 0 atom stereocenters. The van der Waals surface area contributed by atoms with Crippen LogP contribution in [0, 0.1) is 5.92 Å². The summed E-state index contributed by atoms with van der Waals surface area (Å²) in [5.74, 6) is 0.848. The summed E-state index contributed by atoms with van der Waals surface area (Å²) >= 11 is 0. The molecule has 2 rings (SSSR count). The lowest BCUT2D eigenvalue weighted by Gasteiger charge is -2.17. The van der Waals surface area contributed by atoms with Crippen LogP contribution in [0.5, 0.6) is 5.75 Å². The molecule has 6 nitrogen and oxygen atoms in total. The van der Waals surface area contributed by atoms with Gasteiger partial charge >= 0.3 is 6.03 Å². The van der Waals surface area contributed by atoms with E-state index < -0.39 is 6.03 Å². The average molecular weight is 357 g/mol. The van der Waals surface area contributed by atoms with Crippen LogP contribution < -0.4 is 15.4 Å². The standard InChI is InChI=1S/C20H27N3O3/c1-14(2)11-21-20(25)22-19(24)13-23(3)12-15-5-6-17-10-18(26-4)8-7-16(17)9-15/h5-10,14H,11-13H2,1-4H3,(H2,21,22,24,25). The number of amides is 3. The topological polar surface area (TPSA) is 70.7 Å². The predicted octanol–water partition coefficient (Wildman–Crippen LogP) is 2.76. The first-order valence-electron chi connectivity index (χ1n) is 8.70. The van der Waals surface area contributed by atoms with Crippen molar-refractivity contribution in [3.63, 3.8) is 0 Å². The van der Waals surface area contributed by atoms with Crippen LogP contribution in [-0.4, -0.2) is 44.1 Å². The Morgan fingerprint density at radius 3 is 2.50 bits per heavy atom. The van der Waals surface area contributed by atoms with Gasteiger partial charge in [0.1, 0.15) is 5.75 Å². The Bertz CT molecular complexity index is 774. The van der Waals surface area contributed by atoms with Crippen LogP contribution >= 0.6 is 0 Å². The van der Waals surface area contributed by atoms with E-state index in [0.29, 0.717) is 19.0 Å².